The zero-order valence-electron chi connectivity index (χ0n) is 17.2. The SMILES string of the molecule is Cc1cc(C)c(NC(=O)c2ccc3c(c2)C(=O)N(C2CCCCC2)C3=O)c(C)c1. The molecule has 29 heavy (non-hydrogen) atoms. The molecule has 3 amide bonds. The third-order valence-corrected chi connectivity index (χ3v) is 6.04. The van der Waals surface area contributed by atoms with Gasteiger partial charge in [-0.15, -0.1) is 0 Å². The second-order valence-electron chi connectivity index (χ2n) is 8.26. The molecule has 0 bridgehead atoms. The number of aryl methyl sites for hydroxylation is 3. The molecule has 0 radical (unpaired) electrons. The number of benzene rings is 2. The van der Waals surface area contributed by atoms with Crippen LogP contribution in [-0.4, -0.2) is 28.7 Å². The fourth-order valence-corrected chi connectivity index (χ4v) is 4.63. The van der Waals surface area contributed by atoms with Crippen LogP contribution in [0.4, 0.5) is 5.69 Å². The van der Waals surface area contributed by atoms with Gasteiger partial charge >= 0.3 is 0 Å². The van der Waals surface area contributed by atoms with Gasteiger partial charge in [0.25, 0.3) is 17.7 Å². The molecular weight excluding hydrogens is 364 g/mol. The first-order valence-electron chi connectivity index (χ1n) is 10.3. The molecule has 0 saturated heterocycles. The first-order chi connectivity index (χ1) is 13.9. The lowest BCUT2D eigenvalue weighted by Gasteiger charge is -2.29. The van der Waals surface area contributed by atoms with Crippen LogP contribution in [0, 0.1) is 20.8 Å². The lowest BCUT2D eigenvalue weighted by molar-refractivity contribution is 0.0549. The molecule has 1 aliphatic carbocycles. The van der Waals surface area contributed by atoms with Gasteiger partial charge in [-0.05, 0) is 62.9 Å². The van der Waals surface area contributed by atoms with Crippen LogP contribution in [0.15, 0.2) is 30.3 Å². The molecule has 0 atom stereocenters. The number of carbonyl (C=O) groups is 3. The molecule has 0 spiro atoms. The number of imide groups is 1. The maximum absolute atomic E-state index is 13.0. The van der Waals surface area contributed by atoms with Crippen molar-refractivity contribution in [3.63, 3.8) is 0 Å². The van der Waals surface area contributed by atoms with Gasteiger partial charge in [0, 0.05) is 17.3 Å². The van der Waals surface area contributed by atoms with E-state index in [0.29, 0.717) is 16.7 Å². The van der Waals surface area contributed by atoms with Crippen LogP contribution in [0.1, 0.15) is 79.9 Å². The molecule has 150 valence electrons. The maximum atomic E-state index is 13.0. The Bertz CT molecular complexity index is 996. The van der Waals surface area contributed by atoms with Gasteiger partial charge in [-0.25, -0.2) is 0 Å². The van der Waals surface area contributed by atoms with Gasteiger partial charge in [0.05, 0.1) is 11.1 Å². The first kappa shape index (κ1) is 19.4. The Morgan fingerprint density at radius 3 is 2.17 bits per heavy atom. The fourth-order valence-electron chi connectivity index (χ4n) is 4.63. The lowest BCUT2D eigenvalue weighted by atomic mass is 9.94. The van der Waals surface area contributed by atoms with E-state index in [2.05, 4.69) is 5.32 Å². The number of fused-ring (bicyclic) bond motifs is 1. The second-order valence-corrected chi connectivity index (χ2v) is 8.26. The van der Waals surface area contributed by atoms with Crippen LogP contribution in [0.5, 0.6) is 0 Å². The van der Waals surface area contributed by atoms with Gasteiger partial charge in [-0.3, -0.25) is 19.3 Å². The van der Waals surface area contributed by atoms with Crippen molar-refractivity contribution in [2.24, 2.45) is 0 Å². The molecule has 2 aliphatic rings. The summed E-state index contributed by atoms with van der Waals surface area (Å²) in [6.45, 7) is 5.94. The van der Waals surface area contributed by atoms with Crippen molar-refractivity contribution in [2.75, 3.05) is 5.32 Å². The van der Waals surface area contributed by atoms with E-state index in [-0.39, 0.29) is 23.8 Å². The molecule has 1 N–H and O–H groups in total. The number of nitrogens with zero attached hydrogens (tertiary/aromatic N) is 1. The van der Waals surface area contributed by atoms with E-state index < -0.39 is 0 Å². The van der Waals surface area contributed by atoms with E-state index in [0.717, 1.165) is 54.5 Å². The molecule has 2 aromatic rings. The number of hydrogen-bond donors (Lipinski definition) is 1. The van der Waals surface area contributed by atoms with Crippen molar-refractivity contribution in [2.45, 2.75) is 58.9 Å². The van der Waals surface area contributed by atoms with E-state index in [9.17, 15) is 14.4 Å². The minimum atomic E-state index is -0.279. The summed E-state index contributed by atoms with van der Waals surface area (Å²) in [5, 5.41) is 2.97. The summed E-state index contributed by atoms with van der Waals surface area (Å²) < 4.78 is 0. The highest BCUT2D eigenvalue weighted by Gasteiger charge is 2.40. The van der Waals surface area contributed by atoms with Crippen LogP contribution in [0.25, 0.3) is 0 Å². The third-order valence-electron chi connectivity index (χ3n) is 6.04. The van der Waals surface area contributed by atoms with Crippen molar-refractivity contribution >= 4 is 23.4 Å². The minimum Gasteiger partial charge on any atom is -0.322 e. The average Bonchev–Trinajstić information content (AvgIpc) is 2.95. The van der Waals surface area contributed by atoms with E-state index in [4.69, 9.17) is 0 Å². The number of hydrogen-bond acceptors (Lipinski definition) is 3. The number of nitrogens with one attached hydrogen (secondary N) is 1. The highest BCUT2D eigenvalue weighted by Crippen LogP contribution is 2.32. The van der Waals surface area contributed by atoms with Crippen molar-refractivity contribution in [3.05, 3.63) is 63.7 Å². The van der Waals surface area contributed by atoms with Gasteiger partial charge in [0.15, 0.2) is 0 Å². The van der Waals surface area contributed by atoms with Crippen LogP contribution in [-0.2, 0) is 0 Å². The van der Waals surface area contributed by atoms with Crippen LogP contribution >= 0.6 is 0 Å². The number of rotatable bonds is 3. The molecule has 5 heteroatoms. The zero-order chi connectivity index (χ0) is 20.7. The third kappa shape index (κ3) is 3.46. The summed E-state index contributed by atoms with van der Waals surface area (Å²) in [6, 6.07) is 8.83. The van der Waals surface area contributed by atoms with Crippen LogP contribution < -0.4 is 5.32 Å². The maximum Gasteiger partial charge on any atom is 0.261 e. The first-order valence-corrected chi connectivity index (χ1v) is 10.3. The van der Waals surface area contributed by atoms with E-state index in [1.165, 1.54) is 4.90 Å². The summed E-state index contributed by atoms with van der Waals surface area (Å²) in [5.41, 5.74) is 5.04. The largest absolute Gasteiger partial charge is 0.322 e. The summed E-state index contributed by atoms with van der Waals surface area (Å²) in [7, 11) is 0. The molecule has 1 saturated carbocycles. The summed E-state index contributed by atoms with van der Waals surface area (Å²) in [5.74, 6) is -0.775. The van der Waals surface area contributed by atoms with E-state index >= 15 is 0 Å². The topological polar surface area (TPSA) is 66.5 Å². The Morgan fingerprint density at radius 1 is 0.897 bits per heavy atom. The molecule has 1 fully saturated rings. The Morgan fingerprint density at radius 2 is 1.52 bits per heavy atom. The Labute approximate surface area is 171 Å². The van der Waals surface area contributed by atoms with Crippen molar-refractivity contribution in [1.82, 2.24) is 4.90 Å². The quantitative estimate of drug-likeness (QED) is 0.766. The molecule has 1 heterocycles. The molecule has 1 aliphatic heterocycles. The second kappa shape index (κ2) is 7.47. The smallest absolute Gasteiger partial charge is 0.261 e. The normalized spacial score (nSPS) is 16.9. The molecular formula is C24H26N2O3. The molecule has 4 rings (SSSR count). The van der Waals surface area contributed by atoms with Crippen molar-refractivity contribution < 1.29 is 14.4 Å². The molecule has 0 unspecified atom stereocenters. The van der Waals surface area contributed by atoms with Gasteiger partial charge in [0.2, 0.25) is 0 Å². The summed E-state index contributed by atoms with van der Waals surface area (Å²) in [6.07, 6.45) is 4.97. The predicted octanol–water partition coefficient (Wildman–Crippen LogP) is 4.79. The molecule has 2 aromatic carbocycles. The molecule has 5 nitrogen and oxygen atoms in total. The highest BCUT2D eigenvalue weighted by atomic mass is 16.2. The fraction of sp³-hybridized carbons (Fsp3) is 0.375. The van der Waals surface area contributed by atoms with Gasteiger partial charge in [-0.2, -0.15) is 0 Å². The van der Waals surface area contributed by atoms with E-state index in [1.54, 1.807) is 18.2 Å². The van der Waals surface area contributed by atoms with Gasteiger partial charge in [-0.1, -0.05) is 37.0 Å². The number of amides is 3. The lowest BCUT2D eigenvalue weighted by Crippen LogP contribution is -2.40. The standard InChI is InChI=1S/C24H26N2O3/c1-14-11-15(2)21(16(3)12-14)25-22(27)17-9-10-19-20(13-17)24(29)26(23(19)28)18-7-5-4-6-8-18/h9-13,18H,4-8H2,1-3H3,(H,25,27). The summed E-state index contributed by atoms with van der Waals surface area (Å²) in [4.78, 5) is 40.0. The average molecular weight is 390 g/mol. The van der Waals surface area contributed by atoms with E-state index in [1.807, 2.05) is 32.9 Å². The molecule has 0 aromatic heterocycles. The van der Waals surface area contributed by atoms with Crippen LogP contribution in [0.2, 0.25) is 0 Å². The Hall–Kier alpha value is -2.95. The van der Waals surface area contributed by atoms with Crippen molar-refractivity contribution in [1.29, 1.82) is 0 Å². The Balaban J connectivity index is 1.60. The van der Waals surface area contributed by atoms with Crippen LogP contribution in [0.3, 0.4) is 0 Å². The summed E-state index contributed by atoms with van der Waals surface area (Å²) >= 11 is 0. The van der Waals surface area contributed by atoms with Gasteiger partial charge in [0.1, 0.15) is 0 Å². The van der Waals surface area contributed by atoms with Gasteiger partial charge < -0.3 is 5.32 Å². The predicted molar refractivity (Wildman–Crippen MR) is 112 cm³/mol. The monoisotopic (exact) mass is 390 g/mol. The minimum absolute atomic E-state index is 0.0220. The number of anilines is 1. The highest BCUT2D eigenvalue weighted by molar-refractivity contribution is 6.22. The van der Waals surface area contributed by atoms with Crippen molar-refractivity contribution in [3.8, 4) is 0 Å². The zero-order valence-corrected chi connectivity index (χ0v) is 17.2. The number of carbonyl (C=O) groups excluding carboxylic acids is 3. The Kier molecular flexibility index (Phi) is 4.99.